The first-order valence-electron chi connectivity index (χ1n) is 7.57. The van der Waals surface area contributed by atoms with E-state index >= 15 is 0 Å². The summed E-state index contributed by atoms with van der Waals surface area (Å²) in [6.45, 7) is 4.09. The standard InChI is InChI=1S/C18H22N2O/c21-18-8-4-7-16(11-18)12-19-17-9-10-20(14-17)13-15-5-2-1-3-6-15/h1-8,11,17,19,21H,9-10,12-14H2. The minimum absolute atomic E-state index is 0.339. The first-order valence-corrected chi connectivity index (χ1v) is 7.57. The number of nitrogens with one attached hydrogen (secondary N) is 1. The monoisotopic (exact) mass is 282 g/mol. The number of phenolic OH excluding ortho intramolecular Hbond substituents is 1. The maximum absolute atomic E-state index is 9.48. The fourth-order valence-electron chi connectivity index (χ4n) is 2.91. The molecule has 1 unspecified atom stereocenters. The van der Waals surface area contributed by atoms with Crippen molar-refractivity contribution in [3.05, 3.63) is 65.7 Å². The lowest BCUT2D eigenvalue weighted by molar-refractivity contribution is 0.320. The predicted octanol–water partition coefficient (Wildman–Crippen LogP) is 2.76. The summed E-state index contributed by atoms with van der Waals surface area (Å²) in [5.74, 6) is 0.339. The van der Waals surface area contributed by atoms with Crippen molar-refractivity contribution in [1.29, 1.82) is 0 Å². The average molecular weight is 282 g/mol. The Morgan fingerprint density at radius 1 is 1.05 bits per heavy atom. The topological polar surface area (TPSA) is 35.5 Å². The van der Waals surface area contributed by atoms with Gasteiger partial charge in [-0.05, 0) is 29.7 Å². The second-order valence-corrected chi connectivity index (χ2v) is 5.76. The molecule has 1 aliphatic heterocycles. The summed E-state index contributed by atoms with van der Waals surface area (Å²) in [6.07, 6.45) is 1.19. The molecule has 0 aliphatic carbocycles. The van der Waals surface area contributed by atoms with Crippen molar-refractivity contribution in [1.82, 2.24) is 10.2 Å². The third-order valence-electron chi connectivity index (χ3n) is 4.03. The summed E-state index contributed by atoms with van der Waals surface area (Å²) in [5.41, 5.74) is 2.52. The van der Waals surface area contributed by atoms with Crippen LogP contribution in [0.1, 0.15) is 17.5 Å². The highest BCUT2D eigenvalue weighted by molar-refractivity contribution is 5.27. The van der Waals surface area contributed by atoms with Crippen molar-refractivity contribution >= 4 is 0 Å². The van der Waals surface area contributed by atoms with Gasteiger partial charge in [0, 0.05) is 32.2 Å². The summed E-state index contributed by atoms with van der Waals surface area (Å²) in [7, 11) is 0. The molecular weight excluding hydrogens is 260 g/mol. The van der Waals surface area contributed by atoms with Crippen LogP contribution in [0.4, 0.5) is 0 Å². The first kappa shape index (κ1) is 14.1. The van der Waals surface area contributed by atoms with E-state index in [1.807, 2.05) is 18.2 Å². The van der Waals surface area contributed by atoms with E-state index in [0.29, 0.717) is 11.8 Å². The van der Waals surface area contributed by atoms with Crippen molar-refractivity contribution in [2.24, 2.45) is 0 Å². The molecule has 3 heteroatoms. The van der Waals surface area contributed by atoms with Gasteiger partial charge in [0.15, 0.2) is 0 Å². The second-order valence-electron chi connectivity index (χ2n) is 5.76. The molecular formula is C18H22N2O. The Balaban J connectivity index is 1.46. The molecule has 1 fully saturated rings. The Morgan fingerprint density at radius 2 is 1.86 bits per heavy atom. The van der Waals surface area contributed by atoms with Gasteiger partial charge < -0.3 is 10.4 Å². The van der Waals surface area contributed by atoms with Crippen LogP contribution in [0.25, 0.3) is 0 Å². The number of rotatable bonds is 5. The highest BCUT2D eigenvalue weighted by Crippen LogP contribution is 2.15. The molecule has 1 saturated heterocycles. The Hall–Kier alpha value is -1.84. The van der Waals surface area contributed by atoms with Crippen LogP contribution in [0.5, 0.6) is 5.75 Å². The second kappa shape index (κ2) is 6.74. The molecule has 21 heavy (non-hydrogen) atoms. The predicted molar refractivity (Wildman–Crippen MR) is 85.1 cm³/mol. The SMILES string of the molecule is Oc1cccc(CNC2CCN(Cc3ccccc3)C2)c1. The summed E-state index contributed by atoms with van der Waals surface area (Å²) in [6, 6.07) is 18.6. The van der Waals surface area contributed by atoms with E-state index in [1.54, 1.807) is 6.07 Å². The Kier molecular flexibility index (Phi) is 4.53. The highest BCUT2D eigenvalue weighted by atomic mass is 16.3. The lowest BCUT2D eigenvalue weighted by Gasteiger charge is -2.17. The highest BCUT2D eigenvalue weighted by Gasteiger charge is 2.21. The Morgan fingerprint density at radius 3 is 2.67 bits per heavy atom. The van der Waals surface area contributed by atoms with Crippen LogP contribution in [0.15, 0.2) is 54.6 Å². The summed E-state index contributed by atoms with van der Waals surface area (Å²) in [5, 5.41) is 13.1. The number of likely N-dealkylation sites (tertiary alicyclic amines) is 1. The minimum Gasteiger partial charge on any atom is -0.508 e. The number of phenols is 1. The zero-order valence-electron chi connectivity index (χ0n) is 12.2. The van der Waals surface area contributed by atoms with Crippen molar-refractivity contribution in [2.75, 3.05) is 13.1 Å². The molecule has 0 amide bonds. The molecule has 0 aromatic heterocycles. The van der Waals surface area contributed by atoms with Crippen LogP contribution < -0.4 is 5.32 Å². The molecule has 1 heterocycles. The summed E-state index contributed by atoms with van der Waals surface area (Å²) < 4.78 is 0. The van der Waals surface area contributed by atoms with Gasteiger partial charge in [-0.15, -0.1) is 0 Å². The van der Waals surface area contributed by atoms with E-state index in [-0.39, 0.29) is 0 Å². The van der Waals surface area contributed by atoms with Crippen LogP contribution >= 0.6 is 0 Å². The van der Waals surface area contributed by atoms with Gasteiger partial charge in [0.1, 0.15) is 5.75 Å². The molecule has 2 aromatic rings. The molecule has 0 spiro atoms. The maximum atomic E-state index is 9.48. The third kappa shape index (κ3) is 4.06. The molecule has 0 radical (unpaired) electrons. The van der Waals surface area contributed by atoms with Crippen LogP contribution in [-0.2, 0) is 13.1 Å². The number of hydrogen-bond donors (Lipinski definition) is 2. The fourth-order valence-corrected chi connectivity index (χ4v) is 2.91. The molecule has 0 saturated carbocycles. The van der Waals surface area contributed by atoms with Crippen LogP contribution in [0.2, 0.25) is 0 Å². The lowest BCUT2D eigenvalue weighted by atomic mass is 10.2. The maximum Gasteiger partial charge on any atom is 0.115 e. The van der Waals surface area contributed by atoms with Crippen LogP contribution in [0.3, 0.4) is 0 Å². The van der Waals surface area contributed by atoms with E-state index in [0.717, 1.165) is 31.7 Å². The van der Waals surface area contributed by atoms with Gasteiger partial charge in [-0.1, -0.05) is 42.5 Å². The quantitative estimate of drug-likeness (QED) is 0.885. The fraction of sp³-hybridized carbons (Fsp3) is 0.333. The summed E-state index contributed by atoms with van der Waals surface area (Å²) >= 11 is 0. The lowest BCUT2D eigenvalue weighted by Crippen LogP contribution is -2.31. The van der Waals surface area contributed by atoms with Gasteiger partial charge in [0.2, 0.25) is 0 Å². The molecule has 1 aliphatic rings. The van der Waals surface area contributed by atoms with Crippen molar-refractivity contribution in [3.63, 3.8) is 0 Å². The molecule has 110 valence electrons. The smallest absolute Gasteiger partial charge is 0.115 e. The zero-order chi connectivity index (χ0) is 14.5. The van der Waals surface area contributed by atoms with Gasteiger partial charge in [-0.2, -0.15) is 0 Å². The van der Waals surface area contributed by atoms with Gasteiger partial charge in [-0.3, -0.25) is 4.90 Å². The molecule has 2 aromatic carbocycles. The van der Waals surface area contributed by atoms with Crippen molar-refractivity contribution in [2.45, 2.75) is 25.6 Å². The summed E-state index contributed by atoms with van der Waals surface area (Å²) in [4.78, 5) is 2.50. The van der Waals surface area contributed by atoms with E-state index in [2.05, 4.69) is 40.5 Å². The molecule has 0 bridgehead atoms. The molecule has 2 N–H and O–H groups in total. The zero-order valence-corrected chi connectivity index (χ0v) is 12.2. The first-order chi connectivity index (χ1) is 10.3. The van der Waals surface area contributed by atoms with Crippen molar-refractivity contribution in [3.8, 4) is 5.75 Å². The molecule has 1 atom stereocenters. The van der Waals surface area contributed by atoms with Crippen LogP contribution in [0, 0.1) is 0 Å². The Bertz CT molecular complexity index is 570. The number of aromatic hydroxyl groups is 1. The minimum atomic E-state index is 0.339. The van der Waals surface area contributed by atoms with Crippen molar-refractivity contribution < 1.29 is 5.11 Å². The molecule has 3 rings (SSSR count). The van der Waals surface area contributed by atoms with Gasteiger partial charge in [0.25, 0.3) is 0 Å². The van der Waals surface area contributed by atoms with E-state index in [1.165, 1.54) is 12.0 Å². The van der Waals surface area contributed by atoms with Gasteiger partial charge >= 0.3 is 0 Å². The average Bonchev–Trinajstić information content (AvgIpc) is 2.94. The van der Waals surface area contributed by atoms with E-state index in [9.17, 15) is 5.11 Å². The number of hydrogen-bond acceptors (Lipinski definition) is 3. The van der Waals surface area contributed by atoms with E-state index in [4.69, 9.17) is 0 Å². The number of nitrogens with zero attached hydrogens (tertiary/aromatic N) is 1. The largest absolute Gasteiger partial charge is 0.508 e. The normalized spacial score (nSPS) is 19.0. The number of benzene rings is 2. The van der Waals surface area contributed by atoms with Gasteiger partial charge in [0.05, 0.1) is 0 Å². The molecule has 3 nitrogen and oxygen atoms in total. The van der Waals surface area contributed by atoms with E-state index < -0.39 is 0 Å². The Labute approximate surface area is 126 Å². The third-order valence-corrected chi connectivity index (χ3v) is 4.03. The van der Waals surface area contributed by atoms with Crippen LogP contribution in [-0.4, -0.2) is 29.1 Å². The van der Waals surface area contributed by atoms with Gasteiger partial charge in [-0.25, -0.2) is 0 Å².